The number of pyridine rings is 1. The van der Waals surface area contributed by atoms with Crippen molar-refractivity contribution in [2.75, 3.05) is 37.9 Å². The first-order valence-electron chi connectivity index (χ1n) is 18.5. The zero-order chi connectivity index (χ0) is 35.5. The molecule has 0 aliphatic heterocycles. The molecule has 0 aromatic carbocycles. The predicted octanol–water partition coefficient (Wildman–Crippen LogP) is 7.28. The van der Waals surface area contributed by atoms with Gasteiger partial charge in [0.1, 0.15) is 7.60 Å². The first-order valence-corrected chi connectivity index (χ1v) is 20.2. The van der Waals surface area contributed by atoms with Crippen molar-refractivity contribution < 1.29 is 23.7 Å². The molecule has 3 N–H and O–H groups in total. The molecular formula is C37H62N7O4P. The summed E-state index contributed by atoms with van der Waals surface area (Å²) in [5, 5.41) is 0. The second-order valence-corrected chi connectivity index (χ2v) is 15.5. The van der Waals surface area contributed by atoms with E-state index < -0.39 is 13.3 Å². The Hall–Kier alpha value is -2.85. The number of unbranched alkanes of at least 4 members (excludes halogenated alkanes) is 13. The molecule has 12 heteroatoms. The van der Waals surface area contributed by atoms with Gasteiger partial charge < -0.3 is 34.3 Å². The van der Waals surface area contributed by atoms with Crippen LogP contribution in [0.15, 0.2) is 42.5 Å². The first kappa shape index (κ1) is 40.6. The first-order chi connectivity index (χ1) is 23.6. The van der Waals surface area contributed by atoms with Crippen LogP contribution in [0, 0.1) is 0 Å². The summed E-state index contributed by atoms with van der Waals surface area (Å²) < 4.78 is 21.7. The number of hydrogen-bond acceptors (Lipinski definition) is 8. The van der Waals surface area contributed by atoms with Crippen LogP contribution in [-0.2, 0) is 15.8 Å². The van der Waals surface area contributed by atoms with Gasteiger partial charge in [-0.05, 0) is 32.6 Å². The number of nitrogens with zero attached hydrogens (tertiary/aromatic N) is 6. The smallest absolute Gasteiger partial charge is 0.361 e. The molecule has 0 saturated carbocycles. The second kappa shape index (κ2) is 22.1. The maximum absolute atomic E-state index is 12.2. The van der Waals surface area contributed by atoms with Crippen LogP contribution >= 0.6 is 7.60 Å². The van der Waals surface area contributed by atoms with Crippen molar-refractivity contribution in [1.82, 2.24) is 19.5 Å². The third-order valence-corrected chi connectivity index (χ3v) is 10.5. The summed E-state index contributed by atoms with van der Waals surface area (Å²) in [5.41, 5.74) is 8.40. The third-order valence-electron chi connectivity index (χ3n) is 9.12. The van der Waals surface area contributed by atoms with Gasteiger partial charge in [0.2, 0.25) is 5.52 Å². The van der Waals surface area contributed by atoms with Crippen LogP contribution in [0.5, 0.6) is 0 Å². The third kappa shape index (κ3) is 14.9. The van der Waals surface area contributed by atoms with Crippen molar-refractivity contribution >= 4 is 30.4 Å². The van der Waals surface area contributed by atoms with Gasteiger partial charge in [0.25, 0.3) is 0 Å². The summed E-state index contributed by atoms with van der Waals surface area (Å²) in [6.07, 6.45) is 27.0. The molecule has 0 aliphatic rings. The number of allylic oxidation sites excluding steroid dienone is 2. The fourth-order valence-corrected chi connectivity index (χ4v) is 6.99. The zero-order valence-electron chi connectivity index (χ0n) is 30.6. The zero-order valence-corrected chi connectivity index (χ0v) is 31.5. The Morgan fingerprint density at radius 2 is 1.55 bits per heavy atom. The van der Waals surface area contributed by atoms with Crippen molar-refractivity contribution in [2.45, 2.75) is 135 Å². The van der Waals surface area contributed by atoms with E-state index in [9.17, 15) is 14.4 Å². The van der Waals surface area contributed by atoms with E-state index in [-0.39, 0.29) is 12.4 Å². The Morgan fingerprint density at radius 1 is 0.980 bits per heavy atom. The predicted molar refractivity (Wildman–Crippen MR) is 198 cm³/mol. The van der Waals surface area contributed by atoms with E-state index in [0.29, 0.717) is 49.6 Å². The highest BCUT2D eigenvalue weighted by molar-refractivity contribution is 7.51. The van der Waals surface area contributed by atoms with Crippen molar-refractivity contribution in [3.05, 3.63) is 42.5 Å². The molecule has 2 atom stereocenters. The molecule has 3 rings (SSSR count). The minimum absolute atomic E-state index is 0.134. The number of hydrogen-bond donors (Lipinski definition) is 2. The maximum Gasteiger partial charge on any atom is 0.361 e. The average Bonchev–Trinajstić information content (AvgIpc) is 3.46. The molecule has 0 bridgehead atoms. The van der Waals surface area contributed by atoms with E-state index >= 15 is 0 Å². The number of anilines is 2. The molecule has 3 aromatic heterocycles. The lowest BCUT2D eigenvalue weighted by molar-refractivity contribution is -0.598. The molecule has 0 saturated heterocycles. The van der Waals surface area contributed by atoms with Gasteiger partial charge in [-0.2, -0.15) is 4.98 Å². The molecule has 0 radical (unpaired) electrons. The van der Waals surface area contributed by atoms with Crippen molar-refractivity contribution in [1.29, 1.82) is 0 Å². The molecule has 0 fully saturated rings. The van der Waals surface area contributed by atoms with Crippen LogP contribution in [0.1, 0.15) is 123 Å². The van der Waals surface area contributed by atoms with Gasteiger partial charge in [0.05, 0.1) is 18.7 Å². The van der Waals surface area contributed by atoms with Gasteiger partial charge in [-0.1, -0.05) is 102 Å². The van der Waals surface area contributed by atoms with E-state index in [0.717, 1.165) is 17.7 Å². The SMILES string of the molecule is CCCCCCCCCCCCCCCCOCCCC(CC=C(C)Cn1cnc2c(-[n+]3ccc(N(C)C)cc3)nc(N)nc21)P(=O)([O-])O. The molecule has 49 heavy (non-hydrogen) atoms. The Bertz CT molecular complexity index is 1440. The lowest BCUT2D eigenvalue weighted by Gasteiger charge is -2.26. The van der Waals surface area contributed by atoms with Gasteiger partial charge in [0, 0.05) is 62.3 Å². The highest BCUT2D eigenvalue weighted by Gasteiger charge is 2.22. The average molecular weight is 700 g/mol. The number of aromatic nitrogens is 5. The molecule has 2 unspecified atom stereocenters. The van der Waals surface area contributed by atoms with Crippen LogP contribution in [0.3, 0.4) is 0 Å². The van der Waals surface area contributed by atoms with Gasteiger partial charge in [-0.15, -0.1) is 0 Å². The molecule has 3 aromatic rings. The lowest BCUT2D eigenvalue weighted by Crippen LogP contribution is -2.32. The normalized spacial score (nSPS) is 14.0. The molecule has 0 spiro atoms. The van der Waals surface area contributed by atoms with E-state index in [1.807, 2.05) is 65.7 Å². The van der Waals surface area contributed by atoms with Gasteiger partial charge >= 0.3 is 11.8 Å². The molecule has 3 heterocycles. The van der Waals surface area contributed by atoms with E-state index in [1.54, 1.807) is 6.33 Å². The molecule has 11 nitrogen and oxygen atoms in total. The topological polar surface area (TPSA) is 146 Å². The molecule has 0 amide bonds. The van der Waals surface area contributed by atoms with Crippen LogP contribution in [-0.4, -0.2) is 57.4 Å². The summed E-state index contributed by atoms with van der Waals surface area (Å²) >= 11 is 0. The summed E-state index contributed by atoms with van der Waals surface area (Å²) in [5.74, 6) is 0.710. The largest absolute Gasteiger partial charge is 0.778 e. The van der Waals surface area contributed by atoms with Crippen LogP contribution in [0.25, 0.3) is 17.0 Å². The second-order valence-electron chi connectivity index (χ2n) is 13.7. The highest BCUT2D eigenvalue weighted by Crippen LogP contribution is 2.41. The number of ether oxygens (including phenoxy) is 1. The monoisotopic (exact) mass is 699 g/mol. The Labute approximate surface area is 294 Å². The Morgan fingerprint density at radius 3 is 2.12 bits per heavy atom. The Kier molecular flexibility index (Phi) is 18.3. The van der Waals surface area contributed by atoms with E-state index in [2.05, 4.69) is 21.9 Å². The summed E-state index contributed by atoms with van der Waals surface area (Å²) in [6, 6.07) is 3.96. The summed E-state index contributed by atoms with van der Waals surface area (Å²) in [6.45, 7) is 5.84. The van der Waals surface area contributed by atoms with E-state index in [1.165, 1.54) is 83.5 Å². The van der Waals surface area contributed by atoms with Crippen LogP contribution in [0.4, 0.5) is 11.6 Å². The molecule has 0 aliphatic carbocycles. The minimum atomic E-state index is -4.50. The van der Waals surface area contributed by atoms with Crippen molar-refractivity contribution in [3.63, 3.8) is 0 Å². The van der Waals surface area contributed by atoms with Crippen molar-refractivity contribution in [3.8, 4) is 5.82 Å². The highest BCUT2D eigenvalue weighted by atomic mass is 31.2. The summed E-state index contributed by atoms with van der Waals surface area (Å²) in [4.78, 5) is 37.6. The number of rotatable bonds is 26. The van der Waals surface area contributed by atoms with Crippen molar-refractivity contribution in [2.24, 2.45) is 0 Å². The number of fused-ring (bicyclic) bond motifs is 1. The summed E-state index contributed by atoms with van der Waals surface area (Å²) in [7, 11) is -0.544. The lowest BCUT2D eigenvalue weighted by atomic mass is 10.0. The van der Waals surface area contributed by atoms with Crippen LogP contribution < -0.4 is 20.1 Å². The fourth-order valence-electron chi connectivity index (χ4n) is 6.11. The quantitative estimate of drug-likeness (QED) is 0.0382. The number of imidazole rings is 1. The minimum Gasteiger partial charge on any atom is -0.778 e. The molecule has 274 valence electrons. The van der Waals surface area contributed by atoms with Gasteiger partial charge in [-0.3, -0.25) is 0 Å². The van der Waals surface area contributed by atoms with Crippen LogP contribution in [0.2, 0.25) is 0 Å². The number of nitrogen functional groups attached to an aromatic ring is 1. The fraction of sp³-hybridized carbons (Fsp3) is 0.676. The standard InChI is InChI=1S/C37H62N7O4P/c1-5-6-7-8-9-10-11-12-13-14-15-16-17-18-27-48-28-19-20-33(49(45,46)47)22-21-31(2)29-44-30-39-34-35(40-37(38)41-36(34)44)43-25-23-32(24-26-43)42(3)4/h21,23-26,30,33H,5-20,22,27-29H2,1-4H3,(H3-,38,40,41,45,46,47). The van der Waals surface area contributed by atoms with Gasteiger partial charge in [-0.25, -0.2) is 9.55 Å². The van der Waals surface area contributed by atoms with Gasteiger partial charge in [0.15, 0.2) is 5.65 Å². The maximum atomic E-state index is 12.2. The number of nitrogens with two attached hydrogens (primary N) is 1. The molecular weight excluding hydrogens is 637 g/mol. The Balaban J connectivity index is 1.35. The van der Waals surface area contributed by atoms with E-state index in [4.69, 9.17) is 10.5 Å².